The van der Waals surface area contributed by atoms with Crippen molar-refractivity contribution in [2.75, 3.05) is 0 Å². The van der Waals surface area contributed by atoms with Crippen molar-refractivity contribution in [3.63, 3.8) is 0 Å². The first-order valence-corrected chi connectivity index (χ1v) is 4.78. The molecule has 69 valence electrons. The first-order chi connectivity index (χ1) is 5.68. The molecule has 1 aliphatic heterocycles. The third-order valence-electron chi connectivity index (χ3n) is 3.16. The van der Waals surface area contributed by atoms with E-state index in [9.17, 15) is 4.79 Å². The van der Waals surface area contributed by atoms with Crippen LogP contribution in [0, 0.1) is 12.3 Å². The summed E-state index contributed by atoms with van der Waals surface area (Å²) in [5, 5.41) is 2.99. The second-order valence-electron chi connectivity index (χ2n) is 3.65. The Morgan fingerprint density at radius 1 is 1.58 bits per heavy atom. The lowest BCUT2D eigenvalue weighted by atomic mass is 9.79. The van der Waals surface area contributed by atoms with Crippen LogP contribution in [-0.2, 0) is 4.79 Å². The number of carbonyl (C=O) groups is 1. The van der Waals surface area contributed by atoms with Crippen LogP contribution in [0.3, 0.4) is 0 Å². The Balaban J connectivity index is 2.72. The van der Waals surface area contributed by atoms with E-state index in [1.165, 1.54) is 0 Å². The summed E-state index contributed by atoms with van der Waals surface area (Å²) in [6.07, 6.45) is 3.69. The Kier molecular flexibility index (Phi) is 2.76. The molecule has 0 bridgehead atoms. The van der Waals surface area contributed by atoms with E-state index in [0.29, 0.717) is 6.04 Å². The van der Waals surface area contributed by atoms with E-state index in [1.54, 1.807) is 0 Å². The van der Waals surface area contributed by atoms with Gasteiger partial charge < -0.3 is 5.32 Å². The maximum Gasteiger partial charge on any atom is 0.226 e. The molecule has 1 aliphatic rings. The summed E-state index contributed by atoms with van der Waals surface area (Å²) in [7, 11) is 0. The summed E-state index contributed by atoms with van der Waals surface area (Å²) in [6.45, 7) is 8.01. The van der Waals surface area contributed by atoms with Crippen molar-refractivity contribution in [1.29, 1.82) is 0 Å². The predicted molar refractivity (Wildman–Crippen MR) is 49.5 cm³/mol. The fraction of sp³-hybridized carbons (Fsp3) is 0.800. The van der Waals surface area contributed by atoms with Crippen LogP contribution in [-0.4, -0.2) is 11.9 Å². The van der Waals surface area contributed by atoms with Gasteiger partial charge in [-0.25, -0.2) is 0 Å². The molecule has 1 fully saturated rings. The molecule has 12 heavy (non-hydrogen) atoms. The summed E-state index contributed by atoms with van der Waals surface area (Å²) >= 11 is 0. The fourth-order valence-electron chi connectivity index (χ4n) is 1.99. The second-order valence-corrected chi connectivity index (χ2v) is 3.65. The van der Waals surface area contributed by atoms with Crippen molar-refractivity contribution in [3.8, 4) is 0 Å². The molecule has 1 rings (SSSR count). The second kappa shape index (κ2) is 3.46. The molecule has 0 aromatic heterocycles. The quantitative estimate of drug-likeness (QED) is 0.685. The van der Waals surface area contributed by atoms with Crippen molar-refractivity contribution in [1.82, 2.24) is 5.32 Å². The van der Waals surface area contributed by atoms with Gasteiger partial charge in [0.15, 0.2) is 0 Å². The van der Waals surface area contributed by atoms with Gasteiger partial charge in [0, 0.05) is 6.04 Å². The number of nitrogens with one attached hydrogen (secondary N) is 1. The van der Waals surface area contributed by atoms with E-state index in [0.717, 1.165) is 25.7 Å². The lowest BCUT2D eigenvalue weighted by Crippen LogP contribution is -2.31. The van der Waals surface area contributed by atoms with Gasteiger partial charge in [-0.1, -0.05) is 20.8 Å². The SMILES string of the molecule is [CH2]CC1CC(CC)(CC)C(=O)N1. The Bertz CT molecular complexity index is 173. The topological polar surface area (TPSA) is 29.1 Å². The third kappa shape index (κ3) is 1.35. The summed E-state index contributed by atoms with van der Waals surface area (Å²) in [5.74, 6) is 0.237. The van der Waals surface area contributed by atoms with Gasteiger partial charge in [-0.3, -0.25) is 4.79 Å². The van der Waals surface area contributed by atoms with Crippen molar-refractivity contribution in [3.05, 3.63) is 6.92 Å². The molecule has 1 saturated heterocycles. The largest absolute Gasteiger partial charge is 0.353 e. The molecule has 1 unspecified atom stereocenters. The molecule has 2 heteroatoms. The predicted octanol–water partition coefficient (Wildman–Crippen LogP) is 1.91. The van der Waals surface area contributed by atoms with Gasteiger partial charge >= 0.3 is 0 Å². The van der Waals surface area contributed by atoms with Crippen LogP contribution >= 0.6 is 0 Å². The highest BCUT2D eigenvalue weighted by atomic mass is 16.2. The van der Waals surface area contributed by atoms with E-state index in [1.807, 2.05) is 0 Å². The zero-order valence-corrected chi connectivity index (χ0v) is 8.02. The molecule has 0 aliphatic carbocycles. The highest BCUT2D eigenvalue weighted by Gasteiger charge is 2.42. The highest BCUT2D eigenvalue weighted by Crippen LogP contribution is 2.37. The molecular weight excluding hydrogens is 150 g/mol. The number of hydrogen-bond donors (Lipinski definition) is 1. The first-order valence-electron chi connectivity index (χ1n) is 4.78. The minimum absolute atomic E-state index is 0.0810. The summed E-state index contributed by atoms with van der Waals surface area (Å²) in [4.78, 5) is 11.6. The summed E-state index contributed by atoms with van der Waals surface area (Å²) in [5.41, 5.74) is -0.0810. The van der Waals surface area contributed by atoms with Crippen LogP contribution in [0.1, 0.15) is 39.5 Å². The van der Waals surface area contributed by atoms with Crippen LogP contribution < -0.4 is 5.32 Å². The number of amides is 1. The number of rotatable bonds is 3. The Labute approximate surface area is 74.7 Å². The lowest BCUT2D eigenvalue weighted by Gasteiger charge is -2.21. The Morgan fingerprint density at radius 3 is 2.42 bits per heavy atom. The van der Waals surface area contributed by atoms with Gasteiger partial charge in [0.1, 0.15) is 0 Å². The van der Waals surface area contributed by atoms with E-state index in [4.69, 9.17) is 0 Å². The molecule has 0 saturated carbocycles. The molecule has 1 radical (unpaired) electrons. The zero-order chi connectivity index (χ0) is 9.19. The summed E-state index contributed by atoms with van der Waals surface area (Å²) in [6, 6.07) is 0.317. The van der Waals surface area contributed by atoms with Crippen LogP contribution in [0.15, 0.2) is 0 Å². The third-order valence-corrected chi connectivity index (χ3v) is 3.16. The van der Waals surface area contributed by atoms with Crippen molar-refractivity contribution in [2.45, 2.75) is 45.6 Å². The van der Waals surface area contributed by atoms with Gasteiger partial charge in [-0.2, -0.15) is 0 Å². The average Bonchev–Trinajstić information content (AvgIpc) is 2.43. The maximum absolute atomic E-state index is 11.6. The standard InChI is InChI=1S/C10H18NO/c1-4-8-7-10(5-2,6-3)9(12)11-8/h8H,1,4-7H2,2-3H3,(H,11,12). The minimum atomic E-state index is -0.0810. The van der Waals surface area contributed by atoms with Crippen LogP contribution in [0.4, 0.5) is 0 Å². The molecular formula is C10H18NO. The molecule has 0 spiro atoms. The molecule has 2 nitrogen and oxygen atoms in total. The van der Waals surface area contributed by atoms with Crippen molar-refractivity contribution >= 4 is 5.91 Å². The minimum Gasteiger partial charge on any atom is -0.353 e. The van der Waals surface area contributed by atoms with Crippen LogP contribution in [0.2, 0.25) is 0 Å². The Hall–Kier alpha value is -0.530. The monoisotopic (exact) mass is 168 g/mol. The van der Waals surface area contributed by atoms with Gasteiger partial charge in [0.25, 0.3) is 0 Å². The van der Waals surface area contributed by atoms with Crippen molar-refractivity contribution < 1.29 is 4.79 Å². The van der Waals surface area contributed by atoms with Gasteiger partial charge in [-0.15, -0.1) is 0 Å². The summed E-state index contributed by atoms with van der Waals surface area (Å²) < 4.78 is 0. The number of carbonyl (C=O) groups excluding carboxylic acids is 1. The smallest absolute Gasteiger partial charge is 0.226 e. The van der Waals surface area contributed by atoms with Gasteiger partial charge in [0.05, 0.1) is 5.41 Å². The molecule has 1 amide bonds. The van der Waals surface area contributed by atoms with Gasteiger partial charge in [-0.05, 0) is 25.7 Å². The van der Waals surface area contributed by atoms with E-state index in [-0.39, 0.29) is 11.3 Å². The maximum atomic E-state index is 11.6. The highest BCUT2D eigenvalue weighted by molar-refractivity contribution is 5.85. The number of hydrogen-bond acceptors (Lipinski definition) is 1. The lowest BCUT2D eigenvalue weighted by molar-refractivity contribution is -0.128. The normalized spacial score (nSPS) is 27.2. The van der Waals surface area contributed by atoms with E-state index < -0.39 is 0 Å². The average molecular weight is 168 g/mol. The molecule has 0 aromatic carbocycles. The Morgan fingerprint density at radius 2 is 2.17 bits per heavy atom. The van der Waals surface area contributed by atoms with Crippen molar-refractivity contribution in [2.24, 2.45) is 5.41 Å². The zero-order valence-electron chi connectivity index (χ0n) is 8.02. The fourth-order valence-corrected chi connectivity index (χ4v) is 1.99. The van der Waals surface area contributed by atoms with Gasteiger partial charge in [0.2, 0.25) is 5.91 Å². The molecule has 0 aromatic rings. The molecule has 1 atom stereocenters. The molecule has 1 heterocycles. The molecule has 1 N–H and O–H groups in total. The van der Waals surface area contributed by atoms with Crippen LogP contribution in [0.5, 0.6) is 0 Å². The first kappa shape index (κ1) is 9.56. The van der Waals surface area contributed by atoms with Crippen LogP contribution in [0.25, 0.3) is 0 Å². The van der Waals surface area contributed by atoms with E-state index >= 15 is 0 Å². The van der Waals surface area contributed by atoms with E-state index in [2.05, 4.69) is 26.1 Å².